The van der Waals surface area contributed by atoms with E-state index < -0.39 is 0 Å². The lowest BCUT2D eigenvalue weighted by atomic mass is 10.1. The zero-order chi connectivity index (χ0) is 13.0. The monoisotopic (exact) mass is 264 g/mol. The van der Waals surface area contributed by atoms with Gasteiger partial charge in [-0.2, -0.15) is 0 Å². The van der Waals surface area contributed by atoms with Crippen LogP contribution in [0.3, 0.4) is 0 Å². The first-order valence-corrected chi connectivity index (χ1v) is 6.07. The largest absolute Gasteiger partial charge is 0.396 e. The fourth-order valence-electron chi connectivity index (χ4n) is 1.72. The SMILES string of the molecule is Nc1c(Cl)cccc1NCCc1ccccc1F. The van der Waals surface area contributed by atoms with Crippen LogP contribution in [0.1, 0.15) is 5.56 Å². The normalized spacial score (nSPS) is 10.3. The Morgan fingerprint density at radius 1 is 1.11 bits per heavy atom. The molecule has 0 aliphatic heterocycles. The first-order valence-electron chi connectivity index (χ1n) is 5.70. The minimum atomic E-state index is -0.182. The van der Waals surface area contributed by atoms with Crippen molar-refractivity contribution in [3.8, 4) is 0 Å². The van der Waals surface area contributed by atoms with Crippen molar-refractivity contribution in [3.63, 3.8) is 0 Å². The molecule has 0 atom stereocenters. The molecule has 3 N–H and O–H groups in total. The molecule has 0 amide bonds. The lowest BCUT2D eigenvalue weighted by Crippen LogP contribution is -2.08. The standard InChI is InChI=1S/C14H14ClFN2/c15-11-5-3-7-13(14(11)17)18-9-8-10-4-1-2-6-12(10)16/h1-7,18H,8-9,17H2. The van der Waals surface area contributed by atoms with Crippen LogP contribution in [0.5, 0.6) is 0 Å². The summed E-state index contributed by atoms with van der Waals surface area (Å²) >= 11 is 5.91. The highest BCUT2D eigenvalue weighted by molar-refractivity contribution is 6.33. The number of nitrogens with one attached hydrogen (secondary N) is 1. The van der Waals surface area contributed by atoms with E-state index in [1.165, 1.54) is 6.07 Å². The minimum absolute atomic E-state index is 0.182. The lowest BCUT2D eigenvalue weighted by Gasteiger charge is -2.10. The molecule has 0 bridgehead atoms. The molecule has 0 aliphatic carbocycles. The molecule has 0 saturated heterocycles. The number of benzene rings is 2. The van der Waals surface area contributed by atoms with E-state index in [4.69, 9.17) is 17.3 Å². The van der Waals surface area contributed by atoms with Crippen molar-refractivity contribution in [2.24, 2.45) is 0 Å². The molecule has 2 aromatic carbocycles. The van der Waals surface area contributed by atoms with Crippen LogP contribution in [0.4, 0.5) is 15.8 Å². The predicted octanol–water partition coefficient (Wildman–Crippen LogP) is 3.72. The fraction of sp³-hybridized carbons (Fsp3) is 0.143. The maximum absolute atomic E-state index is 13.4. The third kappa shape index (κ3) is 2.93. The van der Waals surface area contributed by atoms with Crippen LogP contribution in [0, 0.1) is 5.82 Å². The predicted molar refractivity (Wildman–Crippen MR) is 74.5 cm³/mol. The van der Waals surface area contributed by atoms with Crippen molar-refractivity contribution in [3.05, 3.63) is 58.9 Å². The molecule has 18 heavy (non-hydrogen) atoms. The van der Waals surface area contributed by atoms with Gasteiger partial charge in [0.15, 0.2) is 0 Å². The number of anilines is 2. The summed E-state index contributed by atoms with van der Waals surface area (Å²) in [6.45, 7) is 0.603. The molecule has 0 aliphatic rings. The number of hydrogen-bond donors (Lipinski definition) is 2. The summed E-state index contributed by atoms with van der Waals surface area (Å²) in [5.41, 5.74) is 7.81. The van der Waals surface area contributed by atoms with Gasteiger partial charge in [0.25, 0.3) is 0 Å². The van der Waals surface area contributed by atoms with Gasteiger partial charge in [-0.1, -0.05) is 35.9 Å². The topological polar surface area (TPSA) is 38.0 Å². The van der Waals surface area contributed by atoms with E-state index in [0.29, 0.717) is 29.2 Å². The van der Waals surface area contributed by atoms with Gasteiger partial charge in [0, 0.05) is 6.54 Å². The van der Waals surface area contributed by atoms with Crippen LogP contribution in [0.2, 0.25) is 5.02 Å². The smallest absolute Gasteiger partial charge is 0.126 e. The average Bonchev–Trinajstić information content (AvgIpc) is 2.37. The van der Waals surface area contributed by atoms with Gasteiger partial charge >= 0.3 is 0 Å². The van der Waals surface area contributed by atoms with E-state index in [0.717, 1.165) is 5.69 Å². The quantitative estimate of drug-likeness (QED) is 0.826. The van der Waals surface area contributed by atoms with Gasteiger partial charge in [0.1, 0.15) is 5.82 Å². The van der Waals surface area contributed by atoms with Crippen molar-refractivity contribution < 1.29 is 4.39 Å². The zero-order valence-electron chi connectivity index (χ0n) is 9.79. The second-order valence-electron chi connectivity index (χ2n) is 3.97. The Balaban J connectivity index is 1.97. The molecule has 0 saturated carbocycles. The number of hydrogen-bond acceptors (Lipinski definition) is 2. The zero-order valence-corrected chi connectivity index (χ0v) is 10.5. The van der Waals surface area contributed by atoms with Crippen molar-refractivity contribution in [1.82, 2.24) is 0 Å². The molecule has 2 aromatic rings. The van der Waals surface area contributed by atoms with Gasteiger partial charge in [0.2, 0.25) is 0 Å². The maximum atomic E-state index is 13.4. The number of nitrogen functional groups attached to an aromatic ring is 1. The Bertz CT molecular complexity index is 543. The molecular formula is C14H14ClFN2. The molecule has 4 heteroatoms. The van der Waals surface area contributed by atoms with Gasteiger partial charge in [-0.25, -0.2) is 4.39 Å². The van der Waals surface area contributed by atoms with Crippen molar-refractivity contribution >= 4 is 23.0 Å². The van der Waals surface area contributed by atoms with E-state index in [1.54, 1.807) is 18.2 Å². The third-order valence-corrected chi connectivity index (χ3v) is 3.05. The van der Waals surface area contributed by atoms with E-state index in [1.807, 2.05) is 18.2 Å². The first kappa shape index (κ1) is 12.7. The number of rotatable bonds is 4. The summed E-state index contributed by atoms with van der Waals surface area (Å²) in [4.78, 5) is 0. The molecule has 2 nitrogen and oxygen atoms in total. The Labute approximate surface area is 111 Å². The van der Waals surface area contributed by atoms with E-state index in [9.17, 15) is 4.39 Å². The number of para-hydroxylation sites is 1. The molecule has 0 heterocycles. The lowest BCUT2D eigenvalue weighted by molar-refractivity contribution is 0.610. The molecule has 0 radical (unpaired) electrons. The summed E-state index contributed by atoms with van der Waals surface area (Å²) in [6.07, 6.45) is 0.596. The van der Waals surface area contributed by atoms with Crippen LogP contribution in [-0.2, 0) is 6.42 Å². The summed E-state index contributed by atoms with van der Waals surface area (Å²) in [7, 11) is 0. The second kappa shape index (κ2) is 5.74. The maximum Gasteiger partial charge on any atom is 0.126 e. The Morgan fingerprint density at radius 3 is 2.67 bits per heavy atom. The summed E-state index contributed by atoms with van der Waals surface area (Å²) < 4.78 is 13.4. The highest BCUT2D eigenvalue weighted by Crippen LogP contribution is 2.26. The molecule has 94 valence electrons. The minimum Gasteiger partial charge on any atom is -0.396 e. The van der Waals surface area contributed by atoms with Gasteiger partial charge in [-0.15, -0.1) is 0 Å². The Morgan fingerprint density at radius 2 is 1.89 bits per heavy atom. The summed E-state index contributed by atoms with van der Waals surface area (Å²) in [6, 6.07) is 12.2. The van der Waals surface area contributed by atoms with Crippen LogP contribution < -0.4 is 11.1 Å². The first-order chi connectivity index (χ1) is 8.68. The number of nitrogens with two attached hydrogens (primary N) is 1. The van der Waals surface area contributed by atoms with E-state index >= 15 is 0 Å². The fourth-order valence-corrected chi connectivity index (χ4v) is 1.90. The third-order valence-electron chi connectivity index (χ3n) is 2.72. The van der Waals surface area contributed by atoms with Crippen molar-refractivity contribution in [2.45, 2.75) is 6.42 Å². The van der Waals surface area contributed by atoms with E-state index in [-0.39, 0.29) is 5.82 Å². The van der Waals surface area contributed by atoms with Gasteiger partial charge in [-0.05, 0) is 30.2 Å². The van der Waals surface area contributed by atoms with Crippen molar-refractivity contribution in [2.75, 3.05) is 17.6 Å². The Hall–Kier alpha value is -1.74. The highest BCUT2D eigenvalue weighted by Gasteiger charge is 2.03. The average molecular weight is 265 g/mol. The summed E-state index contributed by atoms with van der Waals surface area (Å²) in [5.74, 6) is -0.182. The molecule has 0 aromatic heterocycles. The van der Waals surface area contributed by atoms with Crippen LogP contribution in [0.25, 0.3) is 0 Å². The van der Waals surface area contributed by atoms with Crippen molar-refractivity contribution in [1.29, 1.82) is 0 Å². The van der Waals surface area contributed by atoms with Crippen LogP contribution in [0.15, 0.2) is 42.5 Å². The molecule has 0 fully saturated rings. The summed E-state index contributed by atoms with van der Waals surface area (Å²) in [5, 5.41) is 3.67. The second-order valence-corrected chi connectivity index (χ2v) is 4.38. The molecular weight excluding hydrogens is 251 g/mol. The number of halogens is 2. The van der Waals surface area contributed by atoms with Gasteiger partial charge < -0.3 is 11.1 Å². The molecule has 0 unspecified atom stereocenters. The van der Waals surface area contributed by atoms with Crippen LogP contribution >= 0.6 is 11.6 Å². The van der Waals surface area contributed by atoms with Gasteiger partial charge in [-0.3, -0.25) is 0 Å². The van der Waals surface area contributed by atoms with Gasteiger partial charge in [0.05, 0.1) is 16.4 Å². The molecule has 0 spiro atoms. The Kier molecular flexibility index (Phi) is 4.05. The van der Waals surface area contributed by atoms with Crippen LogP contribution in [-0.4, -0.2) is 6.54 Å². The molecule has 2 rings (SSSR count). The van der Waals surface area contributed by atoms with E-state index in [2.05, 4.69) is 5.32 Å². The highest BCUT2D eigenvalue weighted by atomic mass is 35.5.